The third-order valence-corrected chi connectivity index (χ3v) is 3.04. The van der Waals surface area contributed by atoms with E-state index >= 15 is 0 Å². The second kappa shape index (κ2) is 7.30. The molecule has 0 radical (unpaired) electrons. The molecule has 100 valence electrons. The summed E-state index contributed by atoms with van der Waals surface area (Å²) in [5.41, 5.74) is -1.35. The molecule has 0 aromatic carbocycles. The van der Waals surface area contributed by atoms with Gasteiger partial charge in [-0.15, -0.1) is 0 Å². The topological polar surface area (TPSA) is 63.6 Å². The Morgan fingerprint density at radius 1 is 1.18 bits per heavy atom. The van der Waals surface area contributed by atoms with Gasteiger partial charge in [0.2, 0.25) is 0 Å². The van der Waals surface area contributed by atoms with Gasteiger partial charge in [-0.3, -0.25) is 9.59 Å². The molecular formula is C13H24O4. The van der Waals surface area contributed by atoms with Crippen LogP contribution in [0.3, 0.4) is 0 Å². The highest BCUT2D eigenvalue weighted by atomic mass is 16.5. The average molecular weight is 244 g/mol. The lowest BCUT2D eigenvalue weighted by molar-refractivity contribution is -0.173. The molecule has 0 aromatic rings. The summed E-state index contributed by atoms with van der Waals surface area (Å²) in [4.78, 5) is 23.5. The SMILES string of the molecule is CCCC(CCC)(C(=O)O)C(=O)OC(C)CC. The van der Waals surface area contributed by atoms with Crippen molar-refractivity contribution in [2.24, 2.45) is 5.41 Å². The van der Waals surface area contributed by atoms with Crippen LogP contribution in [0.5, 0.6) is 0 Å². The Hall–Kier alpha value is -1.06. The first kappa shape index (κ1) is 15.9. The van der Waals surface area contributed by atoms with Crippen LogP contribution in [-0.2, 0) is 14.3 Å². The maximum atomic E-state index is 12.1. The summed E-state index contributed by atoms with van der Waals surface area (Å²) in [6.45, 7) is 7.44. The lowest BCUT2D eigenvalue weighted by Gasteiger charge is -2.28. The first-order chi connectivity index (χ1) is 7.94. The Morgan fingerprint density at radius 3 is 1.94 bits per heavy atom. The molecule has 0 bridgehead atoms. The summed E-state index contributed by atoms with van der Waals surface area (Å²) in [6, 6.07) is 0. The molecule has 0 saturated carbocycles. The normalized spacial score (nSPS) is 13.2. The molecule has 0 saturated heterocycles. The van der Waals surface area contributed by atoms with Crippen molar-refractivity contribution in [2.45, 2.75) is 65.9 Å². The number of carbonyl (C=O) groups is 2. The monoisotopic (exact) mass is 244 g/mol. The average Bonchev–Trinajstić information content (AvgIpc) is 2.27. The molecule has 4 heteroatoms. The summed E-state index contributed by atoms with van der Waals surface area (Å²) in [5.74, 6) is -1.64. The molecule has 1 unspecified atom stereocenters. The van der Waals surface area contributed by atoms with E-state index in [0.29, 0.717) is 32.1 Å². The molecule has 0 aliphatic heterocycles. The van der Waals surface area contributed by atoms with E-state index in [1.807, 2.05) is 20.8 Å². The molecule has 0 spiro atoms. The van der Waals surface area contributed by atoms with Gasteiger partial charge in [0, 0.05) is 0 Å². The fraction of sp³-hybridized carbons (Fsp3) is 0.846. The Labute approximate surface area is 103 Å². The van der Waals surface area contributed by atoms with Gasteiger partial charge in [0.25, 0.3) is 0 Å². The predicted octanol–water partition coefficient (Wildman–Crippen LogP) is 3.00. The maximum Gasteiger partial charge on any atom is 0.323 e. The summed E-state index contributed by atoms with van der Waals surface area (Å²) in [5, 5.41) is 9.34. The number of hydrogen-bond donors (Lipinski definition) is 1. The zero-order chi connectivity index (χ0) is 13.5. The van der Waals surface area contributed by atoms with Crippen molar-refractivity contribution in [3.05, 3.63) is 0 Å². The minimum Gasteiger partial charge on any atom is -0.480 e. The highest BCUT2D eigenvalue weighted by molar-refractivity contribution is 5.99. The van der Waals surface area contributed by atoms with Gasteiger partial charge >= 0.3 is 11.9 Å². The Balaban J connectivity index is 4.99. The van der Waals surface area contributed by atoms with Gasteiger partial charge in [-0.2, -0.15) is 0 Å². The minimum absolute atomic E-state index is 0.227. The van der Waals surface area contributed by atoms with E-state index < -0.39 is 17.4 Å². The minimum atomic E-state index is -1.35. The smallest absolute Gasteiger partial charge is 0.323 e. The Kier molecular flexibility index (Phi) is 6.85. The van der Waals surface area contributed by atoms with Crippen LogP contribution in [0.25, 0.3) is 0 Å². The van der Waals surface area contributed by atoms with E-state index in [0.717, 1.165) is 0 Å². The molecule has 1 N–H and O–H groups in total. The van der Waals surface area contributed by atoms with Crippen molar-refractivity contribution in [3.63, 3.8) is 0 Å². The van der Waals surface area contributed by atoms with Crippen LogP contribution >= 0.6 is 0 Å². The van der Waals surface area contributed by atoms with Crippen molar-refractivity contribution in [1.29, 1.82) is 0 Å². The molecule has 0 rings (SSSR count). The third-order valence-electron chi connectivity index (χ3n) is 3.04. The summed E-state index contributed by atoms with van der Waals surface area (Å²) in [6.07, 6.45) is 2.45. The van der Waals surface area contributed by atoms with Crippen LogP contribution in [0.15, 0.2) is 0 Å². The lowest BCUT2D eigenvalue weighted by Crippen LogP contribution is -2.41. The first-order valence-corrected chi connectivity index (χ1v) is 6.39. The number of carboxylic acids is 1. The molecule has 4 nitrogen and oxygen atoms in total. The second-order valence-electron chi connectivity index (χ2n) is 4.51. The van der Waals surface area contributed by atoms with Gasteiger partial charge in [0.1, 0.15) is 0 Å². The number of esters is 1. The third kappa shape index (κ3) is 4.02. The van der Waals surface area contributed by atoms with Crippen molar-refractivity contribution in [1.82, 2.24) is 0 Å². The molecule has 0 aromatic heterocycles. The quantitative estimate of drug-likeness (QED) is 0.526. The summed E-state index contributed by atoms with van der Waals surface area (Å²) in [7, 11) is 0. The number of aliphatic carboxylic acids is 1. The van der Waals surface area contributed by atoms with E-state index in [4.69, 9.17) is 4.74 Å². The fourth-order valence-corrected chi connectivity index (χ4v) is 1.86. The number of ether oxygens (including phenoxy) is 1. The van der Waals surface area contributed by atoms with Gasteiger partial charge in [-0.05, 0) is 26.2 Å². The molecular weight excluding hydrogens is 220 g/mol. The van der Waals surface area contributed by atoms with Gasteiger partial charge in [-0.25, -0.2) is 0 Å². The van der Waals surface area contributed by atoms with Crippen molar-refractivity contribution >= 4 is 11.9 Å². The molecule has 17 heavy (non-hydrogen) atoms. The van der Waals surface area contributed by atoms with Crippen LogP contribution in [0.1, 0.15) is 59.8 Å². The Morgan fingerprint density at radius 2 is 1.65 bits per heavy atom. The molecule has 1 atom stereocenters. The fourth-order valence-electron chi connectivity index (χ4n) is 1.86. The molecule has 0 amide bonds. The highest BCUT2D eigenvalue weighted by Crippen LogP contribution is 2.32. The van der Waals surface area contributed by atoms with E-state index in [9.17, 15) is 14.7 Å². The number of carbonyl (C=O) groups excluding carboxylic acids is 1. The first-order valence-electron chi connectivity index (χ1n) is 6.39. The van der Waals surface area contributed by atoms with Crippen molar-refractivity contribution < 1.29 is 19.4 Å². The standard InChI is InChI=1S/C13H24O4/c1-5-8-13(9-6-2,11(14)15)12(16)17-10(4)7-3/h10H,5-9H2,1-4H3,(H,14,15). The van der Waals surface area contributed by atoms with Crippen molar-refractivity contribution in [3.8, 4) is 0 Å². The second-order valence-corrected chi connectivity index (χ2v) is 4.51. The summed E-state index contributed by atoms with van der Waals surface area (Å²) >= 11 is 0. The van der Waals surface area contributed by atoms with Crippen LogP contribution in [0.4, 0.5) is 0 Å². The van der Waals surface area contributed by atoms with Gasteiger partial charge < -0.3 is 9.84 Å². The predicted molar refractivity (Wildman–Crippen MR) is 65.7 cm³/mol. The molecule has 0 aliphatic rings. The van der Waals surface area contributed by atoms with Crippen LogP contribution in [0, 0.1) is 5.41 Å². The maximum absolute atomic E-state index is 12.1. The van der Waals surface area contributed by atoms with E-state index in [-0.39, 0.29) is 6.10 Å². The van der Waals surface area contributed by atoms with Crippen LogP contribution < -0.4 is 0 Å². The number of carboxylic acid groups (broad SMARTS) is 1. The van der Waals surface area contributed by atoms with E-state index in [2.05, 4.69) is 0 Å². The van der Waals surface area contributed by atoms with Crippen LogP contribution in [-0.4, -0.2) is 23.1 Å². The van der Waals surface area contributed by atoms with Crippen molar-refractivity contribution in [2.75, 3.05) is 0 Å². The van der Waals surface area contributed by atoms with Crippen LogP contribution in [0.2, 0.25) is 0 Å². The zero-order valence-electron chi connectivity index (χ0n) is 11.3. The molecule has 0 aliphatic carbocycles. The van der Waals surface area contributed by atoms with Gasteiger partial charge in [0.15, 0.2) is 5.41 Å². The van der Waals surface area contributed by atoms with Gasteiger partial charge in [0.05, 0.1) is 6.10 Å². The number of hydrogen-bond acceptors (Lipinski definition) is 3. The molecule has 0 heterocycles. The Bertz CT molecular complexity index is 254. The summed E-state index contributed by atoms with van der Waals surface area (Å²) < 4.78 is 5.21. The van der Waals surface area contributed by atoms with E-state index in [1.54, 1.807) is 6.92 Å². The number of rotatable bonds is 8. The highest BCUT2D eigenvalue weighted by Gasteiger charge is 2.46. The van der Waals surface area contributed by atoms with E-state index in [1.165, 1.54) is 0 Å². The largest absolute Gasteiger partial charge is 0.480 e. The molecule has 0 fully saturated rings. The van der Waals surface area contributed by atoms with Gasteiger partial charge in [-0.1, -0.05) is 33.6 Å². The lowest BCUT2D eigenvalue weighted by atomic mass is 9.79. The zero-order valence-corrected chi connectivity index (χ0v) is 11.3.